The Kier molecular flexibility index (Phi) is 7.55. The van der Waals surface area contributed by atoms with Gasteiger partial charge in [0.2, 0.25) is 0 Å². The fourth-order valence-electron chi connectivity index (χ4n) is 1.59. The summed E-state index contributed by atoms with van der Waals surface area (Å²) >= 11 is 6.21. The van der Waals surface area contributed by atoms with Crippen LogP contribution in [-0.4, -0.2) is 20.6 Å². The van der Waals surface area contributed by atoms with Crippen LogP contribution < -0.4 is 16.4 Å². The minimum atomic E-state index is -0.0211. The van der Waals surface area contributed by atoms with Crippen molar-refractivity contribution in [1.29, 1.82) is 0 Å². The second-order valence-corrected chi connectivity index (χ2v) is 4.54. The number of nitrogens with zero attached hydrogens (tertiary/aromatic N) is 1. The second-order valence-electron chi connectivity index (χ2n) is 4.14. The molecule has 5 heteroatoms. The van der Waals surface area contributed by atoms with Crippen molar-refractivity contribution in [2.75, 3.05) is 25.5 Å². The van der Waals surface area contributed by atoms with Crippen LogP contribution in [0.25, 0.3) is 0 Å². The van der Waals surface area contributed by atoms with Crippen LogP contribution in [0, 0.1) is 0 Å². The maximum Gasteiger partial charge on any atom is 0.0474 e. The molecule has 98 valence electrons. The maximum absolute atomic E-state index is 6.21. The Morgan fingerprint density at radius 2 is 2.00 bits per heavy atom. The summed E-state index contributed by atoms with van der Waals surface area (Å²) in [5.41, 5.74) is 13.6. The van der Waals surface area contributed by atoms with E-state index in [2.05, 4.69) is 0 Å². The van der Waals surface area contributed by atoms with Crippen molar-refractivity contribution in [2.24, 2.45) is 11.5 Å². The molecule has 0 aliphatic heterocycles. The zero-order valence-corrected chi connectivity index (χ0v) is 11.9. The van der Waals surface area contributed by atoms with Crippen LogP contribution >= 0.6 is 24.0 Å². The molecule has 0 aliphatic carbocycles. The van der Waals surface area contributed by atoms with E-state index in [-0.39, 0.29) is 18.4 Å². The molecule has 0 heterocycles. The lowest BCUT2D eigenvalue weighted by molar-refractivity contribution is 0.618. The van der Waals surface area contributed by atoms with Gasteiger partial charge in [0.05, 0.1) is 0 Å². The molecule has 1 aromatic rings. The lowest BCUT2D eigenvalue weighted by Gasteiger charge is -2.17. The summed E-state index contributed by atoms with van der Waals surface area (Å²) in [6, 6.07) is 5.95. The van der Waals surface area contributed by atoms with E-state index in [1.807, 2.05) is 37.2 Å². The average Bonchev–Trinajstić information content (AvgIpc) is 2.25. The third-order valence-corrected chi connectivity index (χ3v) is 2.95. The lowest BCUT2D eigenvalue weighted by Crippen LogP contribution is -2.14. The number of anilines is 1. The van der Waals surface area contributed by atoms with Gasteiger partial charge in [-0.2, -0.15) is 0 Å². The molecule has 17 heavy (non-hydrogen) atoms. The molecular formula is C12H21Cl2N3. The first kappa shape index (κ1) is 16.5. The Morgan fingerprint density at radius 3 is 2.47 bits per heavy atom. The molecule has 1 aromatic carbocycles. The molecule has 0 fully saturated rings. The topological polar surface area (TPSA) is 55.3 Å². The van der Waals surface area contributed by atoms with E-state index < -0.39 is 0 Å². The van der Waals surface area contributed by atoms with Crippen LogP contribution in [0.15, 0.2) is 18.2 Å². The van der Waals surface area contributed by atoms with Gasteiger partial charge in [0.1, 0.15) is 0 Å². The highest BCUT2D eigenvalue weighted by atomic mass is 35.5. The van der Waals surface area contributed by atoms with Crippen molar-refractivity contribution in [3.05, 3.63) is 28.8 Å². The predicted molar refractivity (Wildman–Crippen MR) is 78.2 cm³/mol. The van der Waals surface area contributed by atoms with E-state index in [0.717, 1.165) is 29.1 Å². The normalized spacial score (nSPS) is 11.8. The SMILES string of the molecule is CN(C)c1ccc([C@@H](N)CCCN)c(Cl)c1.Cl. The first-order valence-corrected chi connectivity index (χ1v) is 5.86. The van der Waals surface area contributed by atoms with E-state index in [1.54, 1.807) is 0 Å². The highest BCUT2D eigenvalue weighted by Crippen LogP contribution is 2.28. The number of nitrogens with two attached hydrogens (primary N) is 2. The van der Waals surface area contributed by atoms with Crippen LogP contribution in [0.3, 0.4) is 0 Å². The van der Waals surface area contributed by atoms with Gasteiger partial charge < -0.3 is 16.4 Å². The van der Waals surface area contributed by atoms with E-state index >= 15 is 0 Å². The number of rotatable bonds is 5. The van der Waals surface area contributed by atoms with Crippen LogP contribution in [0.5, 0.6) is 0 Å². The summed E-state index contributed by atoms with van der Waals surface area (Å²) in [7, 11) is 3.97. The van der Waals surface area contributed by atoms with Gasteiger partial charge in [-0.3, -0.25) is 0 Å². The van der Waals surface area contributed by atoms with Crippen molar-refractivity contribution in [3.63, 3.8) is 0 Å². The lowest BCUT2D eigenvalue weighted by atomic mass is 10.0. The van der Waals surface area contributed by atoms with Gasteiger partial charge in [0, 0.05) is 30.8 Å². The van der Waals surface area contributed by atoms with Gasteiger partial charge in [-0.05, 0) is 37.1 Å². The van der Waals surface area contributed by atoms with Crippen molar-refractivity contribution in [3.8, 4) is 0 Å². The summed E-state index contributed by atoms with van der Waals surface area (Å²) in [6.45, 7) is 0.668. The first-order valence-electron chi connectivity index (χ1n) is 5.48. The number of hydrogen-bond donors (Lipinski definition) is 2. The van der Waals surface area contributed by atoms with Crippen LogP contribution in [0.4, 0.5) is 5.69 Å². The zero-order valence-electron chi connectivity index (χ0n) is 10.3. The van der Waals surface area contributed by atoms with Crippen LogP contribution in [0.2, 0.25) is 5.02 Å². The Labute approximate surface area is 115 Å². The quantitative estimate of drug-likeness (QED) is 0.870. The highest BCUT2D eigenvalue weighted by molar-refractivity contribution is 6.31. The molecule has 0 radical (unpaired) electrons. The zero-order chi connectivity index (χ0) is 12.1. The van der Waals surface area contributed by atoms with Crippen molar-refractivity contribution >= 4 is 29.7 Å². The number of halogens is 2. The highest BCUT2D eigenvalue weighted by Gasteiger charge is 2.10. The molecule has 0 amide bonds. The molecule has 0 unspecified atom stereocenters. The minimum absolute atomic E-state index is 0. The molecule has 3 nitrogen and oxygen atoms in total. The van der Waals surface area contributed by atoms with E-state index in [1.165, 1.54) is 0 Å². The molecule has 1 atom stereocenters. The summed E-state index contributed by atoms with van der Waals surface area (Å²) in [6.07, 6.45) is 1.80. The van der Waals surface area contributed by atoms with E-state index in [0.29, 0.717) is 6.54 Å². The molecule has 4 N–H and O–H groups in total. The molecule has 0 aromatic heterocycles. The molecule has 0 saturated carbocycles. The summed E-state index contributed by atoms with van der Waals surface area (Å²) in [4.78, 5) is 2.01. The number of benzene rings is 1. The van der Waals surface area contributed by atoms with Crippen LogP contribution in [-0.2, 0) is 0 Å². The molecule has 0 spiro atoms. The Morgan fingerprint density at radius 1 is 1.35 bits per heavy atom. The van der Waals surface area contributed by atoms with Crippen LogP contribution in [0.1, 0.15) is 24.4 Å². The van der Waals surface area contributed by atoms with Crippen molar-refractivity contribution < 1.29 is 0 Å². The van der Waals surface area contributed by atoms with Gasteiger partial charge in [-0.15, -0.1) is 12.4 Å². The fourth-order valence-corrected chi connectivity index (χ4v) is 1.90. The van der Waals surface area contributed by atoms with Gasteiger partial charge in [-0.25, -0.2) is 0 Å². The van der Waals surface area contributed by atoms with Gasteiger partial charge in [0.15, 0.2) is 0 Å². The van der Waals surface area contributed by atoms with Gasteiger partial charge in [-0.1, -0.05) is 17.7 Å². The van der Waals surface area contributed by atoms with Gasteiger partial charge in [0.25, 0.3) is 0 Å². The first-order chi connectivity index (χ1) is 7.56. The molecule has 1 rings (SSSR count). The Balaban J connectivity index is 0.00000256. The summed E-state index contributed by atoms with van der Waals surface area (Å²) in [5, 5.41) is 0.732. The largest absolute Gasteiger partial charge is 0.378 e. The summed E-state index contributed by atoms with van der Waals surface area (Å²) in [5.74, 6) is 0. The minimum Gasteiger partial charge on any atom is -0.378 e. The predicted octanol–water partition coefficient (Wildman–Crippen LogP) is 2.57. The monoisotopic (exact) mass is 277 g/mol. The van der Waals surface area contributed by atoms with Crippen molar-refractivity contribution in [1.82, 2.24) is 0 Å². The van der Waals surface area contributed by atoms with E-state index in [9.17, 15) is 0 Å². The van der Waals surface area contributed by atoms with E-state index in [4.69, 9.17) is 23.1 Å². The molecule has 0 aliphatic rings. The third-order valence-electron chi connectivity index (χ3n) is 2.62. The Bertz CT molecular complexity index is 343. The average molecular weight is 278 g/mol. The molecule has 0 bridgehead atoms. The number of hydrogen-bond acceptors (Lipinski definition) is 3. The fraction of sp³-hybridized carbons (Fsp3) is 0.500. The standard InChI is InChI=1S/C12H20ClN3.ClH/c1-16(2)9-5-6-10(11(13)8-9)12(15)4-3-7-14;/h5-6,8,12H,3-4,7,14-15H2,1-2H3;1H/t12-;/m0./s1. The third kappa shape index (κ3) is 4.72. The van der Waals surface area contributed by atoms with Gasteiger partial charge >= 0.3 is 0 Å². The maximum atomic E-state index is 6.21. The molecule has 0 saturated heterocycles. The summed E-state index contributed by atoms with van der Waals surface area (Å²) < 4.78 is 0. The molecular weight excluding hydrogens is 257 g/mol. The smallest absolute Gasteiger partial charge is 0.0474 e. The Hall–Kier alpha value is -0.480. The van der Waals surface area contributed by atoms with Crippen molar-refractivity contribution in [2.45, 2.75) is 18.9 Å². The second kappa shape index (κ2) is 7.77.